The van der Waals surface area contributed by atoms with E-state index in [9.17, 15) is 4.79 Å². The van der Waals surface area contributed by atoms with Crippen LogP contribution in [0.3, 0.4) is 0 Å². The summed E-state index contributed by atoms with van der Waals surface area (Å²) in [6.07, 6.45) is 0. The highest BCUT2D eigenvalue weighted by molar-refractivity contribution is 9.10. The van der Waals surface area contributed by atoms with Gasteiger partial charge >= 0.3 is 0 Å². The Hall–Kier alpha value is -2.83. The van der Waals surface area contributed by atoms with Gasteiger partial charge in [-0.2, -0.15) is 0 Å². The minimum atomic E-state index is -0.310. The molecule has 0 bridgehead atoms. The van der Waals surface area contributed by atoms with E-state index in [4.69, 9.17) is 16.3 Å². The number of halogens is 2. The molecular weight excluding hydrogens is 454 g/mol. The number of nitrogens with one attached hydrogen (secondary N) is 2. The number of rotatable bonds is 4. The molecule has 0 aliphatic carbocycles. The average Bonchev–Trinajstić information content (AvgIpc) is 3.13. The Labute approximate surface area is 181 Å². The second kappa shape index (κ2) is 7.89. The van der Waals surface area contributed by atoms with Crippen LogP contribution in [0.15, 0.2) is 59.1 Å². The van der Waals surface area contributed by atoms with Crippen molar-refractivity contribution in [3.8, 4) is 17.1 Å². The summed E-state index contributed by atoms with van der Waals surface area (Å²) in [5.41, 5.74) is 4.40. The molecule has 1 aromatic heterocycles. The van der Waals surface area contributed by atoms with Crippen LogP contribution in [0.5, 0.6) is 5.75 Å². The number of benzene rings is 3. The van der Waals surface area contributed by atoms with E-state index >= 15 is 0 Å². The van der Waals surface area contributed by atoms with Gasteiger partial charge in [-0.15, -0.1) is 0 Å². The molecule has 0 unspecified atom stereocenters. The zero-order valence-electron chi connectivity index (χ0n) is 15.7. The van der Waals surface area contributed by atoms with Gasteiger partial charge in [0.25, 0.3) is 5.91 Å². The standard InChI is InChI=1S/C22H17BrClN3O2/c1-12-9-14(23)11-15(20(12)29-2)22(28)27-19-10-13(7-8-16(19)24)21-25-17-5-3-4-6-18(17)26-21/h3-11H,1-2H3,(H,25,26)(H,27,28). The van der Waals surface area contributed by atoms with Crippen molar-refractivity contribution in [1.29, 1.82) is 0 Å². The Morgan fingerprint density at radius 3 is 2.72 bits per heavy atom. The Kier molecular flexibility index (Phi) is 5.30. The second-order valence-corrected chi connectivity index (χ2v) is 7.88. The normalized spacial score (nSPS) is 10.9. The van der Waals surface area contributed by atoms with Crippen LogP contribution >= 0.6 is 27.5 Å². The number of ether oxygens (including phenoxy) is 1. The van der Waals surface area contributed by atoms with Crippen LogP contribution in [-0.2, 0) is 0 Å². The SMILES string of the molecule is COc1c(C)cc(Br)cc1C(=O)Nc1cc(-c2nc3ccccc3[nH]2)ccc1Cl. The second-order valence-electron chi connectivity index (χ2n) is 6.55. The van der Waals surface area contributed by atoms with E-state index in [1.807, 2.05) is 43.3 Å². The van der Waals surface area contributed by atoms with Crippen LogP contribution in [-0.4, -0.2) is 23.0 Å². The van der Waals surface area contributed by atoms with E-state index < -0.39 is 0 Å². The van der Waals surface area contributed by atoms with Crippen molar-refractivity contribution in [2.45, 2.75) is 6.92 Å². The van der Waals surface area contributed by atoms with E-state index in [0.717, 1.165) is 26.6 Å². The first-order valence-electron chi connectivity index (χ1n) is 8.86. The largest absolute Gasteiger partial charge is 0.496 e. The van der Waals surface area contributed by atoms with Crippen LogP contribution in [0.4, 0.5) is 5.69 Å². The van der Waals surface area contributed by atoms with Crippen LogP contribution in [0.25, 0.3) is 22.4 Å². The molecule has 0 fully saturated rings. The summed E-state index contributed by atoms with van der Waals surface area (Å²) in [6.45, 7) is 1.88. The number of anilines is 1. The van der Waals surface area contributed by atoms with Gasteiger partial charge in [0.05, 0.1) is 34.4 Å². The number of carbonyl (C=O) groups excluding carboxylic acids is 1. The van der Waals surface area contributed by atoms with Crippen molar-refractivity contribution in [2.75, 3.05) is 12.4 Å². The van der Waals surface area contributed by atoms with Gasteiger partial charge in [0.15, 0.2) is 0 Å². The fourth-order valence-corrected chi connectivity index (χ4v) is 3.95. The molecule has 0 aliphatic rings. The molecular formula is C22H17BrClN3O2. The van der Waals surface area contributed by atoms with Gasteiger partial charge in [0.2, 0.25) is 0 Å². The number of hydrogen-bond acceptors (Lipinski definition) is 3. The van der Waals surface area contributed by atoms with E-state index in [2.05, 4.69) is 31.2 Å². The third-order valence-corrected chi connectivity index (χ3v) is 5.35. The highest BCUT2D eigenvalue weighted by atomic mass is 79.9. The summed E-state index contributed by atoms with van der Waals surface area (Å²) in [5, 5.41) is 3.32. The molecule has 7 heteroatoms. The number of aromatic nitrogens is 2. The minimum absolute atomic E-state index is 0.310. The maximum atomic E-state index is 12.9. The van der Waals surface area contributed by atoms with Crippen LogP contribution in [0, 0.1) is 6.92 Å². The number of nitrogens with zero attached hydrogens (tertiary/aromatic N) is 1. The van der Waals surface area contributed by atoms with E-state index in [-0.39, 0.29) is 5.91 Å². The smallest absolute Gasteiger partial charge is 0.259 e. The van der Waals surface area contributed by atoms with Crippen molar-refractivity contribution < 1.29 is 9.53 Å². The maximum absolute atomic E-state index is 12.9. The van der Waals surface area contributed by atoms with Gasteiger partial charge in [-0.3, -0.25) is 4.79 Å². The Morgan fingerprint density at radius 1 is 1.17 bits per heavy atom. The molecule has 3 aromatic carbocycles. The molecule has 0 saturated heterocycles. The zero-order chi connectivity index (χ0) is 20.5. The van der Waals surface area contributed by atoms with Crippen molar-refractivity contribution in [3.05, 3.63) is 75.2 Å². The number of fused-ring (bicyclic) bond motifs is 1. The quantitative estimate of drug-likeness (QED) is 0.372. The summed E-state index contributed by atoms with van der Waals surface area (Å²) >= 11 is 9.77. The Balaban J connectivity index is 1.69. The first kappa shape index (κ1) is 19.5. The molecule has 0 radical (unpaired) electrons. The van der Waals surface area contributed by atoms with Gasteiger partial charge in [-0.05, 0) is 55.0 Å². The molecule has 146 valence electrons. The van der Waals surface area contributed by atoms with Crippen LogP contribution in [0.1, 0.15) is 15.9 Å². The summed E-state index contributed by atoms with van der Waals surface area (Å²) in [7, 11) is 1.54. The molecule has 5 nitrogen and oxygen atoms in total. The van der Waals surface area contributed by atoms with Crippen LogP contribution < -0.4 is 10.1 Å². The number of H-pyrrole nitrogens is 1. The first-order chi connectivity index (χ1) is 14.0. The molecule has 0 aliphatic heterocycles. The number of carbonyl (C=O) groups is 1. The van der Waals surface area contributed by atoms with Crippen molar-refractivity contribution in [1.82, 2.24) is 9.97 Å². The van der Waals surface area contributed by atoms with Crippen molar-refractivity contribution >= 4 is 50.2 Å². The summed E-state index contributed by atoms with van der Waals surface area (Å²) < 4.78 is 6.21. The number of imidazole rings is 1. The lowest BCUT2D eigenvalue weighted by Gasteiger charge is -2.13. The monoisotopic (exact) mass is 469 g/mol. The molecule has 4 rings (SSSR count). The maximum Gasteiger partial charge on any atom is 0.259 e. The van der Waals surface area contributed by atoms with Crippen molar-refractivity contribution in [3.63, 3.8) is 0 Å². The molecule has 2 N–H and O–H groups in total. The Morgan fingerprint density at radius 2 is 1.97 bits per heavy atom. The molecule has 4 aromatic rings. The number of para-hydroxylation sites is 2. The summed E-state index contributed by atoms with van der Waals surface area (Å²) in [6, 6.07) is 16.8. The molecule has 29 heavy (non-hydrogen) atoms. The van der Waals surface area contributed by atoms with E-state index in [0.29, 0.717) is 27.8 Å². The fourth-order valence-electron chi connectivity index (χ4n) is 3.22. The number of amides is 1. The first-order valence-corrected chi connectivity index (χ1v) is 10.0. The number of aryl methyl sites for hydroxylation is 1. The third kappa shape index (κ3) is 3.86. The van der Waals surface area contributed by atoms with Gasteiger partial charge in [0.1, 0.15) is 11.6 Å². The topological polar surface area (TPSA) is 67.0 Å². The highest BCUT2D eigenvalue weighted by Gasteiger charge is 2.17. The van der Waals surface area contributed by atoms with E-state index in [1.54, 1.807) is 25.3 Å². The average molecular weight is 471 g/mol. The van der Waals surface area contributed by atoms with Gasteiger partial charge in [-0.1, -0.05) is 39.7 Å². The predicted molar refractivity (Wildman–Crippen MR) is 120 cm³/mol. The lowest BCUT2D eigenvalue weighted by molar-refractivity contribution is 0.102. The predicted octanol–water partition coefficient (Wildman–Crippen LogP) is 6.22. The van der Waals surface area contributed by atoms with Gasteiger partial charge in [0, 0.05) is 10.0 Å². The zero-order valence-corrected chi connectivity index (χ0v) is 18.1. The molecule has 1 amide bonds. The van der Waals surface area contributed by atoms with Crippen molar-refractivity contribution in [2.24, 2.45) is 0 Å². The van der Waals surface area contributed by atoms with Gasteiger partial charge < -0.3 is 15.0 Å². The summed E-state index contributed by atoms with van der Waals surface area (Å²) in [4.78, 5) is 20.8. The third-order valence-electron chi connectivity index (χ3n) is 4.57. The summed E-state index contributed by atoms with van der Waals surface area (Å²) in [5.74, 6) is 0.916. The van der Waals surface area contributed by atoms with Crippen LogP contribution in [0.2, 0.25) is 5.02 Å². The molecule has 0 spiro atoms. The fraction of sp³-hybridized carbons (Fsp3) is 0.0909. The Bertz CT molecular complexity index is 1200. The van der Waals surface area contributed by atoms with Gasteiger partial charge in [-0.25, -0.2) is 4.98 Å². The highest BCUT2D eigenvalue weighted by Crippen LogP contribution is 2.32. The lowest BCUT2D eigenvalue weighted by Crippen LogP contribution is -2.14. The minimum Gasteiger partial charge on any atom is -0.496 e. The van der Waals surface area contributed by atoms with E-state index in [1.165, 1.54) is 0 Å². The number of hydrogen-bond donors (Lipinski definition) is 2. The number of methoxy groups -OCH3 is 1. The lowest BCUT2D eigenvalue weighted by atomic mass is 10.1. The molecule has 1 heterocycles. The molecule has 0 saturated carbocycles. The molecule has 0 atom stereocenters. The number of aromatic amines is 1.